The third-order valence-corrected chi connectivity index (χ3v) is 2.19. The van der Waals surface area contributed by atoms with E-state index >= 15 is 0 Å². The molecule has 1 aromatic carbocycles. The monoisotopic (exact) mass is 223 g/mol. The van der Waals surface area contributed by atoms with E-state index < -0.39 is 5.97 Å². The molecule has 76 valence electrons. The maximum absolute atomic E-state index is 10.7. The van der Waals surface area contributed by atoms with Crippen LogP contribution in [0.4, 0.5) is 0 Å². The van der Waals surface area contributed by atoms with Crippen LogP contribution in [0.1, 0.15) is 10.4 Å². The lowest BCUT2D eigenvalue weighted by molar-refractivity contribution is 0.0697. The first-order valence-electron chi connectivity index (χ1n) is 4.11. The second-order valence-electron chi connectivity index (χ2n) is 2.84. The highest BCUT2D eigenvalue weighted by atomic mass is 35.5. The zero-order valence-corrected chi connectivity index (χ0v) is 8.23. The molecule has 0 atom stereocenters. The van der Waals surface area contributed by atoms with Crippen LogP contribution in [-0.4, -0.2) is 16.1 Å². The molecule has 0 aliphatic carbocycles. The minimum Gasteiger partial charge on any atom is -0.478 e. The topological polar surface area (TPSA) is 63.3 Å². The van der Waals surface area contributed by atoms with Crippen LogP contribution in [0.2, 0.25) is 5.02 Å². The van der Waals surface area contributed by atoms with Gasteiger partial charge in [0.1, 0.15) is 6.26 Å². The van der Waals surface area contributed by atoms with Gasteiger partial charge in [-0.15, -0.1) is 0 Å². The van der Waals surface area contributed by atoms with Crippen LogP contribution < -0.4 is 0 Å². The Labute approximate surface area is 90.1 Å². The average Bonchev–Trinajstić information content (AvgIpc) is 2.69. The second kappa shape index (κ2) is 3.74. The number of rotatable bonds is 2. The Balaban J connectivity index is 2.47. The molecule has 5 heteroatoms. The Bertz CT molecular complexity index is 493. The maximum Gasteiger partial charge on any atom is 0.337 e. The number of hydrogen-bond donors (Lipinski definition) is 1. The summed E-state index contributed by atoms with van der Waals surface area (Å²) in [5.74, 6) is -0.646. The van der Waals surface area contributed by atoms with Gasteiger partial charge in [-0.25, -0.2) is 9.78 Å². The van der Waals surface area contributed by atoms with E-state index in [1.54, 1.807) is 6.07 Å². The van der Waals surface area contributed by atoms with Crippen LogP contribution >= 0.6 is 11.6 Å². The lowest BCUT2D eigenvalue weighted by atomic mass is 10.1. The summed E-state index contributed by atoms with van der Waals surface area (Å²) in [6.45, 7) is 0. The summed E-state index contributed by atoms with van der Waals surface area (Å²) < 4.78 is 5.06. The van der Waals surface area contributed by atoms with Crippen LogP contribution in [-0.2, 0) is 0 Å². The Hall–Kier alpha value is -1.81. The Morgan fingerprint density at radius 1 is 1.47 bits per heavy atom. The number of carboxylic acid groups (broad SMARTS) is 1. The van der Waals surface area contributed by atoms with Gasteiger partial charge in [-0.3, -0.25) is 0 Å². The van der Waals surface area contributed by atoms with Gasteiger partial charge in [0.25, 0.3) is 0 Å². The minimum absolute atomic E-state index is 0.0620. The highest BCUT2D eigenvalue weighted by Gasteiger charge is 2.11. The van der Waals surface area contributed by atoms with Crippen LogP contribution in [0.3, 0.4) is 0 Å². The summed E-state index contributed by atoms with van der Waals surface area (Å²) in [6.07, 6.45) is 2.95. The van der Waals surface area contributed by atoms with Crippen LogP contribution in [0.15, 0.2) is 35.1 Å². The molecule has 0 bridgehead atoms. The molecule has 1 N–H and O–H groups in total. The van der Waals surface area contributed by atoms with Gasteiger partial charge in [0, 0.05) is 5.56 Å². The first kappa shape index (κ1) is 9.73. The smallest absolute Gasteiger partial charge is 0.337 e. The Kier molecular flexibility index (Phi) is 2.43. The van der Waals surface area contributed by atoms with Gasteiger partial charge in [-0.2, -0.15) is 0 Å². The summed E-state index contributed by atoms with van der Waals surface area (Å²) >= 11 is 5.79. The van der Waals surface area contributed by atoms with Crippen molar-refractivity contribution >= 4 is 17.6 Å². The number of nitrogens with zero attached hydrogens (tertiary/aromatic N) is 1. The van der Waals surface area contributed by atoms with Crippen molar-refractivity contribution in [3.05, 3.63) is 41.2 Å². The number of halogens is 1. The molecule has 15 heavy (non-hydrogen) atoms. The number of oxazole rings is 1. The third kappa shape index (κ3) is 1.85. The number of aromatic carboxylic acids is 1. The van der Waals surface area contributed by atoms with Crippen LogP contribution in [0, 0.1) is 0 Å². The van der Waals surface area contributed by atoms with Crippen LogP contribution in [0.25, 0.3) is 11.5 Å². The van der Waals surface area contributed by atoms with Crippen molar-refractivity contribution in [1.82, 2.24) is 4.98 Å². The van der Waals surface area contributed by atoms with Gasteiger partial charge in [-0.05, 0) is 18.2 Å². The summed E-state index contributed by atoms with van der Waals surface area (Å²) in [5.41, 5.74) is 0.710. The third-order valence-electron chi connectivity index (χ3n) is 1.88. The van der Waals surface area contributed by atoms with E-state index in [9.17, 15) is 4.79 Å². The van der Waals surface area contributed by atoms with E-state index in [1.165, 1.54) is 24.6 Å². The number of carboxylic acids is 1. The standard InChI is InChI=1S/C10H6ClNO3/c11-8-5-6(9-12-3-4-15-9)1-2-7(8)10(13)14/h1-5H,(H,13,14). The molecule has 0 aliphatic heterocycles. The number of hydrogen-bond acceptors (Lipinski definition) is 3. The quantitative estimate of drug-likeness (QED) is 0.850. The summed E-state index contributed by atoms with van der Waals surface area (Å²) in [7, 11) is 0. The van der Waals surface area contributed by atoms with E-state index in [4.69, 9.17) is 21.1 Å². The molecule has 0 spiro atoms. The van der Waals surface area contributed by atoms with Gasteiger partial charge in [0.15, 0.2) is 0 Å². The molecule has 0 radical (unpaired) electrons. The molecular formula is C10H6ClNO3. The highest BCUT2D eigenvalue weighted by Crippen LogP contribution is 2.24. The lowest BCUT2D eigenvalue weighted by Crippen LogP contribution is -1.97. The molecule has 1 heterocycles. The predicted molar refractivity (Wildman–Crippen MR) is 53.9 cm³/mol. The average molecular weight is 224 g/mol. The molecular weight excluding hydrogens is 218 g/mol. The molecule has 0 saturated carbocycles. The normalized spacial score (nSPS) is 10.2. The fraction of sp³-hybridized carbons (Fsp3) is 0. The fourth-order valence-corrected chi connectivity index (χ4v) is 1.45. The van der Waals surface area contributed by atoms with Gasteiger partial charge in [-0.1, -0.05) is 11.6 Å². The first-order valence-corrected chi connectivity index (χ1v) is 4.49. The SMILES string of the molecule is O=C(O)c1ccc(-c2ncco2)cc1Cl. The number of benzene rings is 1. The van der Waals surface area contributed by atoms with E-state index in [-0.39, 0.29) is 10.6 Å². The highest BCUT2D eigenvalue weighted by molar-refractivity contribution is 6.33. The van der Waals surface area contributed by atoms with E-state index in [0.717, 1.165) is 0 Å². The number of carbonyl (C=O) groups is 1. The Morgan fingerprint density at radius 2 is 2.27 bits per heavy atom. The lowest BCUT2D eigenvalue weighted by Gasteiger charge is -2.00. The van der Waals surface area contributed by atoms with Crippen LogP contribution in [0.5, 0.6) is 0 Å². The van der Waals surface area contributed by atoms with Gasteiger partial charge >= 0.3 is 5.97 Å². The molecule has 2 rings (SSSR count). The molecule has 4 nitrogen and oxygen atoms in total. The molecule has 0 amide bonds. The first-order chi connectivity index (χ1) is 7.18. The van der Waals surface area contributed by atoms with E-state index in [0.29, 0.717) is 11.5 Å². The molecule has 1 aromatic heterocycles. The van der Waals surface area contributed by atoms with E-state index in [2.05, 4.69) is 4.98 Å². The molecule has 0 unspecified atom stereocenters. The minimum atomic E-state index is -1.06. The summed E-state index contributed by atoms with van der Waals surface area (Å²) in [6, 6.07) is 4.53. The Morgan fingerprint density at radius 3 is 2.80 bits per heavy atom. The van der Waals surface area contributed by atoms with Crippen molar-refractivity contribution in [2.75, 3.05) is 0 Å². The van der Waals surface area contributed by atoms with Gasteiger partial charge < -0.3 is 9.52 Å². The fourth-order valence-electron chi connectivity index (χ4n) is 1.19. The van der Waals surface area contributed by atoms with Crippen molar-refractivity contribution in [2.45, 2.75) is 0 Å². The molecule has 2 aromatic rings. The molecule has 0 saturated heterocycles. The second-order valence-corrected chi connectivity index (χ2v) is 3.24. The van der Waals surface area contributed by atoms with E-state index in [1.807, 2.05) is 0 Å². The number of aromatic nitrogens is 1. The zero-order chi connectivity index (χ0) is 10.8. The zero-order valence-electron chi connectivity index (χ0n) is 7.48. The van der Waals surface area contributed by atoms with Crippen molar-refractivity contribution in [1.29, 1.82) is 0 Å². The molecule has 0 fully saturated rings. The summed E-state index contributed by atoms with van der Waals surface area (Å²) in [4.78, 5) is 14.6. The maximum atomic E-state index is 10.7. The van der Waals surface area contributed by atoms with Crippen molar-refractivity contribution < 1.29 is 14.3 Å². The predicted octanol–water partition coefficient (Wildman–Crippen LogP) is 2.69. The largest absolute Gasteiger partial charge is 0.478 e. The van der Waals surface area contributed by atoms with Gasteiger partial charge in [0.2, 0.25) is 5.89 Å². The van der Waals surface area contributed by atoms with Crippen molar-refractivity contribution in [2.24, 2.45) is 0 Å². The van der Waals surface area contributed by atoms with Gasteiger partial charge in [0.05, 0.1) is 16.8 Å². The molecule has 0 aliphatic rings. The summed E-state index contributed by atoms with van der Waals surface area (Å²) in [5, 5.41) is 8.93. The van der Waals surface area contributed by atoms with Crippen molar-refractivity contribution in [3.8, 4) is 11.5 Å². The van der Waals surface area contributed by atoms with Crippen molar-refractivity contribution in [3.63, 3.8) is 0 Å².